The van der Waals surface area contributed by atoms with E-state index in [1.54, 1.807) is 6.20 Å². The molecule has 2 heterocycles. The van der Waals surface area contributed by atoms with Crippen LogP contribution in [-0.2, 0) is 4.74 Å². The third-order valence-electron chi connectivity index (χ3n) is 6.10. The average Bonchev–Trinajstić information content (AvgIpc) is 2.71. The lowest BCUT2D eigenvalue weighted by Crippen LogP contribution is -2.51. The highest BCUT2D eigenvalue weighted by atomic mass is 16.5. The van der Waals surface area contributed by atoms with Crippen molar-refractivity contribution in [2.75, 3.05) is 24.5 Å². The molecule has 1 saturated heterocycles. The summed E-state index contributed by atoms with van der Waals surface area (Å²) >= 11 is 0. The fourth-order valence-corrected chi connectivity index (χ4v) is 4.80. The molecule has 2 fully saturated rings. The molecule has 1 saturated carbocycles. The van der Waals surface area contributed by atoms with Crippen LogP contribution in [0, 0.1) is 17.2 Å². The molecule has 5 heteroatoms. The van der Waals surface area contributed by atoms with Crippen molar-refractivity contribution in [3.8, 4) is 6.07 Å². The Morgan fingerprint density at radius 1 is 1.25 bits per heavy atom. The summed E-state index contributed by atoms with van der Waals surface area (Å²) < 4.78 is 6.24. The van der Waals surface area contributed by atoms with Crippen LogP contribution >= 0.6 is 0 Å². The lowest BCUT2D eigenvalue weighted by molar-refractivity contribution is -0.0165. The molecular weight excluding hydrogens is 348 g/mol. The summed E-state index contributed by atoms with van der Waals surface area (Å²) in [7, 11) is 0. The van der Waals surface area contributed by atoms with Gasteiger partial charge < -0.3 is 15.0 Å². The van der Waals surface area contributed by atoms with Gasteiger partial charge in [-0.1, -0.05) is 19.8 Å². The third kappa shape index (κ3) is 4.14. The van der Waals surface area contributed by atoms with Crippen molar-refractivity contribution < 1.29 is 4.74 Å². The van der Waals surface area contributed by atoms with Gasteiger partial charge in [0.2, 0.25) is 0 Å². The summed E-state index contributed by atoms with van der Waals surface area (Å²) in [5.74, 6) is 0.825. The Bertz CT molecular complexity index is 861. The van der Waals surface area contributed by atoms with Gasteiger partial charge in [-0.05, 0) is 49.9 Å². The lowest BCUT2D eigenvalue weighted by Gasteiger charge is -2.39. The first-order chi connectivity index (χ1) is 13.6. The van der Waals surface area contributed by atoms with Gasteiger partial charge in [-0.15, -0.1) is 0 Å². The maximum absolute atomic E-state index is 9.40. The number of ether oxygens (including phenoxy) is 1. The van der Waals surface area contributed by atoms with Crippen LogP contribution in [0.2, 0.25) is 0 Å². The van der Waals surface area contributed by atoms with Crippen molar-refractivity contribution in [2.24, 2.45) is 5.92 Å². The highest BCUT2D eigenvalue weighted by molar-refractivity contribution is 5.95. The van der Waals surface area contributed by atoms with Gasteiger partial charge in [-0.2, -0.15) is 5.26 Å². The molecule has 1 aromatic carbocycles. The van der Waals surface area contributed by atoms with Crippen LogP contribution < -0.4 is 10.2 Å². The number of morpholine rings is 1. The maximum Gasteiger partial charge on any atom is 0.101 e. The molecule has 1 aliphatic carbocycles. The second-order valence-electron chi connectivity index (χ2n) is 8.49. The number of fused-ring (bicyclic) bond motifs is 1. The number of pyridine rings is 1. The molecule has 1 aliphatic heterocycles. The van der Waals surface area contributed by atoms with Crippen LogP contribution in [0.4, 0.5) is 5.69 Å². The maximum atomic E-state index is 9.40. The first-order valence-electron chi connectivity index (χ1n) is 10.6. The minimum atomic E-state index is 0.170. The van der Waals surface area contributed by atoms with E-state index in [9.17, 15) is 5.26 Å². The summed E-state index contributed by atoms with van der Waals surface area (Å²) in [6.07, 6.45) is 7.35. The van der Waals surface area contributed by atoms with Crippen LogP contribution in [0.3, 0.4) is 0 Å². The van der Waals surface area contributed by atoms with Crippen molar-refractivity contribution in [3.63, 3.8) is 0 Å². The van der Waals surface area contributed by atoms with E-state index in [-0.39, 0.29) is 12.2 Å². The summed E-state index contributed by atoms with van der Waals surface area (Å²) in [5.41, 5.74) is 2.56. The smallest absolute Gasteiger partial charge is 0.101 e. The Hall–Kier alpha value is -2.16. The van der Waals surface area contributed by atoms with Crippen molar-refractivity contribution >= 4 is 16.6 Å². The molecule has 0 radical (unpaired) electrons. The van der Waals surface area contributed by atoms with Crippen molar-refractivity contribution in [1.82, 2.24) is 10.3 Å². The zero-order valence-electron chi connectivity index (χ0n) is 16.9. The molecule has 1 N–H and O–H groups in total. The summed E-state index contributed by atoms with van der Waals surface area (Å²) in [6.45, 7) is 7.11. The summed E-state index contributed by atoms with van der Waals surface area (Å²) in [5, 5.41) is 14.2. The van der Waals surface area contributed by atoms with Gasteiger partial charge in [0.1, 0.15) is 6.07 Å². The predicted molar refractivity (Wildman–Crippen MR) is 112 cm³/mol. The van der Waals surface area contributed by atoms with Gasteiger partial charge in [0, 0.05) is 42.9 Å². The van der Waals surface area contributed by atoms with Crippen LogP contribution in [0.1, 0.15) is 45.1 Å². The van der Waals surface area contributed by atoms with E-state index in [1.807, 2.05) is 12.1 Å². The minimum absolute atomic E-state index is 0.170. The topological polar surface area (TPSA) is 61.2 Å². The standard InChI is InChI=1S/C23H30N4O/c1-16-5-3-6-19(11-16)26-13-20-15-27(14-17(2)28-20)22-9-8-18(12-24)23-21(22)7-4-10-25-23/h4,7-10,16-17,19-20,26H,3,5-6,11,13-15H2,1-2H3/t16?,17-,19?,20+/m1/s1. The first-order valence-corrected chi connectivity index (χ1v) is 10.6. The Kier molecular flexibility index (Phi) is 5.79. The molecule has 28 heavy (non-hydrogen) atoms. The number of anilines is 1. The molecule has 4 rings (SSSR count). The monoisotopic (exact) mass is 378 g/mol. The van der Waals surface area contributed by atoms with E-state index in [0.717, 1.165) is 42.1 Å². The van der Waals surface area contributed by atoms with Gasteiger partial charge in [-0.25, -0.2) is 0 Å². The number of hydrogen-bond donors (Lipinski definition) is 1. The second-order valence-corrected chi connectivity index (χ2v) is 8.49. The number of benzene rings is 1. The van der Waals surface area contributed by atoms with Crippen molar-refractivity contribution in [1.29, 1.82) is 5.26 Å². The molecule has 148 valence electrons. The highest BCUT2D eigenvalue weighted by Crippen LogP contribution is 2.30. The molecule has 0 amide bonds. The van der Waals surface area contributed by atoms with E-state index in [2.05, 4.69) is 47.3 Å². The minimum Gasteiger partial charge on any atom is -0.370 e. The number of nitrogens with zero attached hydrogens (tertiary/aromatic N) is 3. The number of nitrogens with one attached hydrogen (secondary N) is 1. The quantitative estimate of drug-likeness (QED) is 0.875. The molecule has 4 atom stereocenters. The zero-order valence-corrected chi connectivity index (χ0v) is 16.9. The van der Waals surface area contributed by atoms with Gasteiger partial charge in [-0.3, -0.25) is 4.98 Å². The Balaban J connectivity index is 1.49. The van der Waals surface area contributed by atoms with Gasteiger partial charge >= 0.3 is 0 Å². The second kappa shape index (κ2) is 8.46. The fourth-order valence-electron chi connectivity index (χ4n) is 4.80. The Labute approximate surface area is 167 Å². The summed E-state index contributed by atoms with van der Waals surface area (Å²) in [4.78, 5) is 6.86. The van der Waals surface area contributed by atoms with Crippen molar-refractivity contribution in [3.05, 3.63) is 36.0 Å². The molecule has 2 aliphatic rings. The van der Waals surface area contributed by atoms with Crippen LogP contribution in [0.15, 0.2) is 30.5 Å². The molecular formula is C23H30N4O. The molecule has 5 nitrogen and oxygen atoms in total. The number of nitriles is 1. The van der Waals surface area contributed by atoms with Crippen molar-refractivity contribution in [2.45, 2.75) is 57.8 Å². The molecule has 0 bridgehead atoms. The average molecular weight is 379 g/mol. The zero-order chi connectivity index (χ0) is 19.5. The van der Waals surface area contributed by atoms with Crippen LogP contribution in [-0.4, -0.2) is 42.9 Å². The lowest BCUT2D eigenvalue weighted by atomic mass is 9.87. The third-order valence-corrected chi connectivity index (χ3v) is 6.10. The first kappa shape index (κ1) is 19.2. The molecule has 2 unspecified atom stereocenters. The van der Waals surface area contributed by atoms with Gasteiger partial charge in [0.15, 0.2) is 0 Å². The largest absolute Gasteiger partial charge is 0.370 e. The van der Waals surface area contributed by atoms with E-state index in [4.69, 9.17) is 4.74 Å². The van der Waals surface area contributed by atoms with Crippen LogP contribution in [0.5, 0.6) is 0 Å². The van der Waals surface area contributed by atoms with E-state index in [1.165, 1.54) is 25.7 Å². The van der Waals surface area contributed by atoms with E-state index >= 15 is 0 Å². The van der Waals surface area contributed by atoms with E-state index < -0.39 is 0 Å². The number of aromatic nitrogens is 1. The normalized spacial score (nSPS) is 28.2. The number of hydrogen-bond acceptors (Lipinski definition) is 5. The molecule has 1 aromatic heterocycles. The summed E-state index contributed by atoms with van der Waals surface area (Å²) in [6, 6.07) is 10.8. The van der Waals surface area contributed by atoms with Gasteiger partial charge in [0.05, 0.1) is 23.3 Å². The Morgan fingerprint density at radius 2 is 2.14 bits per heavy atom. The van der Waals surface area contributed by atoms with Crippen LogP contribution in [0.25, 0.3) is 10.9 Å². The van der Waals surface area contributed by atoms with Gasteiger partial charge in [0.25, 0.3) is 0 Å². The SMILES string of the molecule is CC1CCCC(NC[C@H]2CN(c3ccc(C#N)c4ncccc34)C[C@@H](C)O2)C1. The Morgan fingerprint density at radius 3 is 2.96 bits per heavy atom. The van der Waals surface area contributed by atoms with E-state index in [0.29, 0.717) is 11.6 Å². The fraction of sp³-hybridized carbons (Fsp3) is 0.565. The molecule has 2 aromatic rings. The molecule has 0 spiro atoms. The highest BCUT2D eigenvalue weighted by Gasteiger charge is 2.28. The predicted octanol–water partition coefficient (Wildman–Crippen LogP) is 3.87. The number of rotatable bonds is 4.